The van der Waals surface area contributed by atoms with E-state index in [0.717, 1.165) is 50.9 Å². The first-order chi connectivity index (χ1) is 17.0. The molecule has 3 aromatic heterocycles. The van der Waals surface area contributed by atoms with Gasteiger partial charge in [-0.2, -0.15) is 17.6 Å². The molecule has 3 aromatic carbocycles. The van der Waals surface area contributed by atoms with Gasteiger partial charge in [0.1, 0.15) is 11.9 Å². The number of aromatic nitrogens is 2. The fourth-order valence-corrected chi connectivity index (χ4v) is 4.69. The zero-order valence-electron chi connectivity index (χ0n) is 18.6. The van der Waals surface area contributed by atoms with Crippen molar-refractivity contribution in [2.75, 3.05) is 0 Å². The first kappa shape index (κ1) is 21.2. The molecule has 0 fully saturated rings. The number of fused-ring (bicyclic) bond motifs is 5. The monoisotopic (exact) mass is 465 g/mol. The Bertz CT molecular complexity index is 1710. The average Bonchev–Trinajstić information content (AvgIpc) is 3.27. The van der Waals surface area contributed by atoms with Gasteiger partial charge in [0.25, 0.3) is 5.65 Å². The maximum absolute atomic E-state index is 13.3. The summed E-state index contributed by atoms with van der Waals surface area (Å²) in [5.74, 6) is 0. The molecule has 2 nitrogen and oxygen atoms in total. The van der Waals surface area contributed by atoms with Crippen molar-refractivity contribution < 1.29 is 17.6 Å². The van der Waals surface area contributed by atoms with Crippen molar-refractivity contribution in [1.29, 1.82) is 0 Å². The van der Waals surface area contributed by atoms with Crippen molar-refractivity contribution in [2.45, 2.75) is 6.18 Å². The van der Waals surface area contributed by atoms with Crippen molar-refractivity contribution in [2.24, 2.45) is 0 Å². The SMILES string of the molecule is FC(F)(F)c1ccc(-c2c(/C=C/c3ccccc3)c3ccccc3c3c[n+]4ccccc4n23)cc1. The molecule has 0 aliphatic rings. The molecule has 0 aliphatic heterocycles. The van der Waals surface area contributed by atoms with Crippen molar-refractivity contribution in [3.8, 4) is 11.3 Å². The minimum atomic E-state index is -4.39. The predicted octanol–water partition coefficient (Wildman–Crippen LogP) is 7.69. The molecule has 0 saturated carbocycles. The molecule has 170 valence electrons. The zero-order chi connectivity index (χ0) is 24.0. The summed E-state index contributed by atoms with van der Waals surface area (Å²) in [6.45, 7) is 0. The molecule has 0 unspecified atom stereocenters. The highest BCUT2D eigenvalue weighted by Crippen LogP contribution is 2.37. The van der Waals surface area contributed by atoms with E-state index in [-0.39, 0.29) is 0 Å². The molecule has 35 heavy (non-hydrogen) atoms. The first-order valence-corrected chi connectivity index (χ1v) is 11.3. The van der Waals surface area contributed by atoms with Gasteiger partial charge in [0.15, 0.2) is 5.52 Å². The van der Waals surface area contributed by atoms with Crippen LogP contribution in [0.5, 0.6) is 0 Å². The Hall–Kier alpha value is -4.38. The van der Waals surface area contributed by atoms with Crippen LogP contribution in [0.15, 0.2) is 109 Å². The van der Waals surface area contributed by atoms with Crippen LogP contribution in [0.4, 0.5) is 13.2 Å². The van der Waals surface area contributed by atoms with Gasteiger partial charge in [-0.15, -0.1) is 0 Å². The van der Waals surface area contributed by atoms with Gasteiger partial charge in [-0.3, -0.25) is 0 Å². The Balaban J connectivity index is 1.73. The average molecular weight is 465 g/mol. The van der Waals surface area contributed by atoms with Gasteiger partial charge in [0, 0.05) is 22.6 Å². The number of hydrogen-bond donors (Lipinski definition) is 0. The van der Waals surface area contributed by atoms with E-state index >= 15 is 0 Å². The minimum Gasteiger partial charge on any atom is -0.202 e. The Labute approximate surface area is 199 Å². The van der Waals surface area contributed by atoms with Crippen LogP contribution in [0, 0.1) is 0 Å². The van der Waals surface area contributed by atoms with Crippen molar-refractivity contribution in [3.05, 3.63) is 126 Å². The topological polar surface area (TPSA) is 8.51 Å². The van der Waals surface area contributed by atoms with E-state index in [1.807, 2.05) is 77.3 Å². The molecule has 3 heterocycles. The normalized spacial score (nSPS) is 12.3. The molecule has 6 aromatic rings. The van der Waals surface area contributed by atoms with Gasteiger partial charge < -0.3 is 0 Å². The highest BCUT2D eigenvalue weighted by molar-refractivity contribution is 6.06. The number of halogens is 3. The summed E-state index contributed by atoms with van der Waals surface area (Å²) in [4.78, 5) is 0. The summed E-state index contributed by atoms with van der Waals surface area (Å²) in [6, 6.07) is 29.5. The molecule has 0 spiro atoms. The van der Waals surface area contributed by atoms with Gasteiger partial charge in [-0.05, 0) is 41.3 Å². The van der Waals surface area contributed by atoms with Crippen LogP contribution >= 0.6 is 0 Å². The number of alkyl halides is 3. The second kappa shape index (κ2) is 8.13. The smallest absolute Gasteiger partial charge is 0.202 e. The number of hydrogen-bond acceptors (Lipinski definition) is 0. The summed E-state index contributed by atoms with van der Waals surface area (Å²) in [5.41, 5.74) is 4.79. The summed E-state index contributed by atoms with van der Waals surface area (Å²) in [5, 5.41) is 2.10. The van der Waals surface area contributed by atoms with Gasteiger partial charge in [-0.1, -0.05) is 72.8 Å². The van der Waals surface area contributed by atoms with Crippen LogP contribution in [-0.2, 0) is 6.18 Å². The molecule has 0 N–H and O–H groups in total. The Morgan fingerprint density at radius 3 is 2.11 bits per heavy atom. The second-order valence-corrected chi connectivity index (χ2v) is 8.44. The van der Waals surface area contributed by atoms with Crippen molar-refractivity contribution >= 4 is 34.1 Å². The van der Waals surface area contributed by atoms with Crippen LogP contribution < -0.4 is 4.40 Å². The van der Waals surface area contributed by atoms with E-state index in [4.69, 9.17) is 0 Å². The molecule has 0 atom stereocenters. The molecular formula is C30H20F3N2+. The standard InChI is InChI=1S/C30H20F3N2/c31-30(32,33)23-16-14-22(15-17-23)29-26(18-13-21-8-2-1-3-9-21)24-10-4-5-11-25(24)27-20-34-19-7-6-12-28(34)35(27)29/h1-20H/q+1/b18-13+. The van der Waals surface area contributed by atoms with Crippen LogP contribution in [0.25, 0.3) is 45.3 Å². The lowest BCUT2D eigenvalue weighted by Crippen LogP contribution is -2.17. The Kier molecular flexibility index (Phi) is 4.92. The third-order valence-corrected chi connectivity index (χ3v) is 6.30. The number of imidazole rings is 1. The van der Waals surface area contributed by atoms with E-state index in [2.05, 4.69) is 28.8 Å². The van der Waals surface area contributed by atoms with Crippen LogP contribution in [0.1, 0.15) is 16.7 Å². The third-order valence-electron chi connectivity index (χ3n) is 6.30. The molecule has 0 amide bonds. The molecule has 5 heteroatoms. The Morgan fingerprint density at radius 1 is 0.686 bits per heavy atom. The first-order valence-electron chi connectivity index (χ1n) is 11.3. The highest BCUT2D eigenvalue weighted by Gasteiger charge is 2.31. The predicted molar refractivity (Wildman–Crippen MR) is 134 cm³/mol. The van der Waals surface area contributed by atoms with Gasteiger partial charge in [-0.25, -0.2) is 4.40 Å². The summed E-state index contributed by atoms with van der Waals surface area (Å²) in [6.07, 6.45) is 3.76. The van der Waals surface area contributed by atoms with Gasteiger partial charge in [0.05, 0.1) is 11.8 Å². The van der Waals surface area contributed by atoms with Crippen LogP contribution in [-0.4, -0.2) is 4.40 Å². The van der Waals surface area contributed by atoms with Gasteiger partial charge >= 0.3 is 6.18 Å². The lowest BCUT2D eigenvalue weighted by atomic mass is 9.96. The maximum atomic E-state index is 13.3. The fourth-order valence-electron chi connectivity index (χ4n) is 4.69. The lowest BCUT2D eigenvalue weighted by Gasteiger charge is -2.12. The molecule has 0 saturated heterocycles. The van der Waals surface area contributed by atoms with E-state index < -0.39 is 11.7 Å². The van der Waals surface area contributed by atoms with E-state index in [1.165, 1.54) is 0 Å². The number of nitrogens with zero attached hydrogens (tertiary/aromatic N) is 2. The number of pyridine rings is 2. The maximum Gasteiger partial charge on any atom is 0.416 e. The Morgan fingerprint density at radius 2 is 1.37 bits per heavy atom. The quantitative estimate of drug-likeness (QED) is 0.237. The minimum absolute atomic E-state index is 0.661. The molecule has 0 aliphatic carbocycles. The van der Waals surface area contributed by atoms with E-state index in [1.54, 1.807) is 12.1 Å². The molecular weight excluding hydrogens is 445 g/mol. The van der Waals surface area contributed by atoms with Crippen molar-refractivity contribution in [1.82, 2.24) is 4.40 Å². The summed E-state index contributed by atoms with van der Waals surface area (Å²) < 4.78 is 44.1. The molecule has 0 radical (unpaired) electrons. The van der Waals surface area contributed by atoms with Crippen LogP contribution in [0.2, 0.25) is 0 Å². The van der Waals surface area contributed by atoms with Crippen molar-refractivity contribution in [3.63, 3.8) is 0 Å². The lowest BCUT2D eigenvalue weighted by molar-refractivity contribution is -0.509. The van der Waals surface area contributed by atoms with Crippen LogP contribution in [0.3, 0.4) is 0 Å². The molecule has 0 bridgehead atoms. The fraction of sp³-hybridized carbons (Fsp3) is 0.0333. The largest absolute Gasteiger partial charge is 0.416 e. The molecule has 6 rings (SSSR count). The highest BCUT2D eigenvalue weighted by atomic mass is 19.4. The van der Waals surface area contributed by atoms with Gasteiger partial charge in [0.2, 0.25) is 0 Å². The third kappa shape index (κ3) is 3.66. The summed E-state index contributed by atoms with van der Waals surface area (Å²) >= 11 is 0. The number of rotatable bonds is 3. The number of benzene rings is 3. The second-order valence-electron chi connectivity index (χ2n) is 8.44. The summed E-state index contributed by atoms with van der Waals surface area (Å²) in [7, 11) is 0. The zero-order valence-corrected chi connectivity index (χ0v) is 18.6. The van der Waals surface area contributed by atoms with E-state index in [0.29, 0.717) is 5.56 Å². The van der Waals surface area contributed by atoms with E-state index in [9.17, 15) is 13.2 Å².